The monoisotopic (exact) mass is 317 g/mol. The molecule has 5 nitrogen and oxygen atoms in total. The zero-order chi connectivity index (χ0) is 15.4. The number of ketones is 1. The van der Waals surface area contributed by atoms with E-state index < -0.39 is 0 Å². The number of aromatic nitrogens is 3. The molecule has 2 aromatic rings. The number of nitrogens with zero attached hydrogens (tertiary/aromatic N) is 3. The number of methoxy groups -OCH3 is 1. The van der Waals surface area contributed by atoms with E-state index in [0.29, 0.717) is 5.78 Å². The van der Waals surface area contributed by atoms with Gasteiger partial charge in [-0.2, -0.15) is 0 Å². The summed E-state index contributed by atoms with van der Waals surface area (Å²) in [4.78, 5) is 11.7. The number of carbonyl (C=O) groups is 1. The lowest BCUT2D eigenvalue weighted by molar-refractivity contribution is -0.120. The van der Waals surface area contributed by atoms with Crippen molar-refractivity contribution in [2.24, 2.45) is 5.92 Å². The minimum Gasteiger partial charge on any atom is -0.497 e. The van der Waals surface area contributed by atoms with Gasteiger partial charge in [-0.15, -0.1) is 10.2 Å². The molecule has 1 saturated carbocycles. The van der Waals surface area contributed by atoms with E-state index in [-0.39, 0.29) is 5.92 Å². The first-order valence-corrected chi connectivity index (χ1v) is 8.46. The molecule has 22 heavy (non-hydrogen) atoms. The van der Waals surface area contributed by atoms with Crippen molar-refractivity contribution in [2.45, 2.75) is 30.8 Å². The molecule has 1 aromatic carbocycles. The summed E-state index contributed by atoms with van der Waals surface area (Å²) in [5, 5.41) is 9.03. The van der Waals surface area contributed by atoms with Crippen LogP contribution in [0.15, 0.2) is 35.7 Å². The van der Waals surface area contributed by atoms with E-state index in [2.05, 4.69) is 10.2 Å². The van der Waals surface area contributed by atoms with E-state index in [0.717, 1.165) is 48.0 Å². The standard InChI is InChI=1S/C16H19N3O2S/c1-21-14-6-3-5-13(10-14)19-11-17-18-16(19)22-9-8-12-4-2-7-15(12)20/h3,5-6,10-12H,2,4,7-9H2,1H3. The van der Waals surface area contributed by atoms with Gasteiger partial charge >= 0.3 is 0 Å². The lowest BCUT2D eigenvalue weighted by Gasteiger charge is -2.09. The minimum atomic E-state index is 0.251. The summed E-state index contributed by atoms with van der Waals surface area (Å²) in [7, 11) is 1.65. The third-order valence-electron chi connectivity index (χ3n) is 3.98. The van der Waals surface area contributed by atoms with Crippen LogP contribution in [0.2, 0.25) is 0 Å². The first-order chi connectivity index (χ1) is 10.8. The predicted octanol–water partition coefficient (Wildman–Crippen LogP) is 3.13. The summed E-state index contributed by atoms with van der Waals surface area (Å²) in [6.45, 7) is 0. The van der Waals surface area contributed by atoms with Gasteiger partial charge in [0.2, 0.25) is 0 Å². The molecule has 1 aliphatic carbocycles. The van der Waals surface area contributed by atoms with E-state index in [4.69, 9.17) is 4.74 Å². The second kappa shape index (κ2) is 6.96. The van der Waals surface area contributed by atoms with Gasteiger partial charge in [0.25, 0.3) is 0 Å². The van der Waals surface area contributed by atoms with Gasteiger partial charge in [-0.25, -0.2) is 0 Å². The molecule has 0 spiro atoms. The third kappa shape index (κ3) is 3.32. The fraction of sp³-hybridized carbons (Fsp3) is 0.438. The molecule has 0 saturated heterocycles. The molecule has 1 aliphatic rings. The van der Waals surface area contributed by atoms with Gasteiger partial charge in [-0.05, 0) is 31.4 Å². The predicted molar refractivity (Wildman–Crippen MR) is 85.6 cm³/mol. The Morgan fingerprint density at radius 1 is 1.45 bits per heavy atom. The number of hydrogen-bond acceptors (Lipinski definition) is 5. The van der Waals surface area contributed by atoms with Crippen LogP contribution in [0.3, 0.4) is 0 Å². The van der Waals surface area contributed by atoms with Crippen LogP contribution in [0.1, 0.15) is 25.7 Å². The highest BCUT2D eigenvalue weighted by Crippen LogP contribution is 2.28. The Morgan fingerprint density at radius 2 is 2.36 bits per heavy atom. The van der Waals surface area contributed by atoms with Crippen LogP contribution in [-0.2, 0) is 4.79 Å². The van der Waals surface area contributed by atoms with E-state index in [1.165, 1.54) is 0 Å². The van der Waals surface area contributed by atoms with Gasteiger partial charge in [0.05, 0.1) is 12.8 Å². The lowest BCUT2D eigenvalue weighted by atomic mass is 10.1. The van der Waals surface area contributed by atoms with Crippen LogP contribution in [0.5, 0.6) is 5.75 Å². The smallest absolute Gasteiger partial charge is 0.195 e. The van der Waals surface area contributed by atoms with Gasteiger partial charge < -0.3 is 4.74 Å². The Hall–Kier alpha value is -1.82. The van der Waals surface area contributed by atoms with E-state index in [1.54, 1.807) is 25.2 Å². The molecular weight excluding hydrogens is 298 g/mol. The molecule has 0 N–H and O–H groups in total. The molecule has 1 unspecified atom stereocenters. The number of rotatable bonds is 6. The molecule has 0 bridgehead atoms. The van der Waals surface area contributed by atoms with Gasteiger partial charge in [-0.3, -0.25) is 9.36 Å². The Bertz CT molecular complexity index is 656. The Morgan fingerprint density at radius 3 is 3.14 bits per heavy atom. The molecule has 1 atom stereocenters. The lowest BCUT2D eigenvalue weighted by Crippen LogP contribution is -2.07. The average molecular weight is 317 g/mol. The number of benzene rings is 1. The number of ether oxygens (including phenoxy) is 1. The second-order valence-corrected chi connectivity index (χ2v) is 6.44. The minimum absolute atomic E-state index is 0.251. The fourth-order valence-electron chi connectivity index (χ4n) is 2.75. The van der Waals surface area contributed by atoms with Gasteiger partial charge in [0.1, 0.15) is 17.9 Å². The molecule has 0 radical (unpaired) electrons. The normalized spacial score (nSPS) is 17.9. The van der Waals surface area contributed by atoms with Gasteiger partial charge in [0.15, 0.2) is 5.16 Å². The van der Waals surface area contributed by atoms with Crippen molar-refractivity contribution in [2.75, 3.05) is 12.9 Å². The molecule has 6 heteroatoms. The maximum Gasteiger partial charge on any atom is 0.195 e. The summed E-state index contributed by atoms with van der Waals surface area (Å²) >= 11 is 1.65. The molecular formula is C16H19N3O2S. The van der Waals surface area contributed by atoms with Crippen molar-refractivity contribution in [1.29, 1.82) is 0 Å². The van der Waals surface area contributed by atoms with Crippen LogP contribution in [0.4, 0.5) is 0 Å². The SMILES string of the molecule is COc1cccc(-n2cnnc2SCCC2CCCC2=O)c1. The number of hydrogen-bond donors (Lipinski definition) is 0. The Labute approximate surface area is 134 Å². The largest absolute Gasteiger partial charge is 0.497 e. The zero-order valence-electron chi connectivity index (χ0n) is 12.6. The molecule has 1 aromatic heterocycles. The van der Waals surface area contributed by atoms with E-state index >= 15 is 0 Å². The molecule has 116 valence electrons. The van der Waals surface area contributed by atoms with Gasteiger partial charge in [-0.1, -0.05) is 17.8 Å². The van der Waals surface area contributed by atoms with Crippen LogP contribution >= 0.6 is 11.8 Å². The van der Waals surface area contributed by atoms with E-state index in [1.807, 2.05) is 28.8 Å². The third-order valence-corrected chi connectivity index (χ3v) is 4.95. The van der Waals surface area contributed by atoms with E-state index in [9.17, 15) is 4.79 Å². The first-order valence-electron chi connectivity index (χ1n) is 7.48. The molecule has 1 heterocycles. The van der Waals surface area contributed by atoms with Crippen LogP contribution in [0, 0.1) is 5.92 Å². The highest BCUT2D eigenvalue weighted by Gasteiger charge is 2.23. The van der Waals surface area contributed by atoms with Crippen LogP contribution in [-0.4, -0.2) is 33.4 Å². The topological polar surface area (TPSA) is 57.0 Å². The average Bonchev–Trinajstić information content (AvgIpc) is 3.17. The maximum atomic E-state index is 11.7. The number of thioether (sulfide) groups is 1. The maximum absolute atomic E-state index is 11.7. The highest BCUT2D eigenvalue weighted by atomic mass is 32.2. The summed E-state index contributed by atoms with van der Waals surface area (Å²) < 4.78 is 7.20. The number of carbonyl (C=O) groups excluding carboxylic acids is 1. The van der Waals surface area contributed by atoms with Crippen LogP contribution < -0.4 is 4.74 Å². The molecule has 0 amide bonds. The van der Waals surface area contributed by atoms with Crippen molar-refractivity contribution >= 4 is 17.5 Å². The molecule has 1 fully saturated rings. The van der Waals surface area contributed by atoms with Crippen molar-refractivity contribution in [3.05, 3.63) is 30.6 Å². The van der Waals surface area contributed by atoms with Crippen molar-refractivity contribution in [1.82, 2.24) is 14.8 Å². The molecule has 0 aliphatic heterocycles. The summed E-state index contributed by atoms with van der Waals surface area (Å²) in [5.74, 6) is 2.37. The summed E-state index contributed by atoms with van der Waals surface area (Å²) in [6, 6.07) is 7.80. The summed E-state index contributed by atoms with van der Waals surface area (Å²) in [5.41, 5.74) is 0.976. The highest BCUT2D eigenvalue weighted by molar-refractivity contribution is 7.99. The fourth-order valence-corrected chi connectivity index (χ4v) is 3.73. The van der Waals surface area contributed by atoms with Crippen molar-refractivity contribution < 1.29 is 9.53 Å². The van der Waals surface area contributed by atoms with Crippen molar-refractivity contribution in [3.63, 3.8) is 0 Å². The zero-order valence-corrected chi connectivity index (χ0v) is 13.4. The first kappa shape index (κ1) is 15.1. The van der Waals surface area contributed by atoms with Crippen molar-refractivity contribution in [3.8, 4) is 11.4 Å². The Balaban J connectivity index is 1.65. The Kier molecular flexibility index (Phi) is 4.77. The summed E-state index contributed by atoms with van der Waals surface area (Å²) in [6.07, 6.45) is 5.48. The second-order valence-electron chi connectivity index (χ2n) is 5.38. The van der Waals surface area contributed by atoms with Gasteiger partial charge in [0, 0.05) is 24.2 Å². The molecule has 3 rings (SSSR count). The quantitative estimate of drug-likeness (QED) is 0.766. The number of Topliss-reactive ketones (excluding diaryl/α,β-unsaturated/α-hetero) is 1. The van der Waals surface area contributed by atoms with Crippen LogP contribution in [0.25, 0.3) is 5.69 Å².